The number of aromatic nitrogens is 1. The molecule has 1 aliphatic carbocycles. The highest BCUT2D eigenvalue weighted by molar-refractivity contribution is 6.29. The van der Waals surface area contributed by atoms with E-state index in [-0.39, 0.29) is 0 Å². The monoisotopic (exact) mass is 293 g/mol. The van der Waals surface area contributed by atoms with Crippen LogP contribution in [-0.4, -0.2) is 35.6 Å². The van der Waals surface area contributed by atoms with Gasteiger partial charge in [-0.15, -0.1) is 0 Å². The fraction of sp³-hybridized carbons (Fsp3) is 0.688. The Balaban J connectivity index is 1.43. The van der Waals surface area contributed by atoms with Crippen LogP contribution in [0.15, 0.2) is 18.3 Å². The Morgan fingerprint density at radius 3 is 2.65 bits per heavy atom. The average Bonchev–Trinajstić information content (AvgIpc) is 2.94. The first kappa shape index (κ1) is 14.2. The molecule has 1 aromatic heterocycles. The smallest absolute Gasteiger partial charge is 0.131 e. The average molecular weight is 294 g/mol. The van der Waals surface area contributed by atoms with Gasteiger partial charge in [0, 0.05) is 37.6 Å². The second-order valence-corrected chi connectivity index (χ2v) is 6.62. The summed E-state index contributed by atoms with van der Waals surface area (Å²) in [4.78, 5) is 6.68. The molecule has 1 aromatic rings. The SMILES string of the molecule is Clc1cc(NC2CCN(CC3CCCC3)CC2)ccn1. The predicted octanol–water partition coefficient (Wildman–Crippen LogP) is 3.80. The van der Waals surface area contributed by atoms with E-state index in [2.05, 4.69) is 15.2 Å². The van der Waals surface area contributed by atoms with Gasteiger partial charge < -0.3 is 10.2 Å². The van der Waals surface area contributed by atoms with E-state index < -0.39 is 0 Å². The Kier molecular flexibility index (Phi) is 4.79. The zero-order valence-corrected chi connectivity index (χ0v) is 12.8. The van der Waals surface area contributed by atoms with Gasteiger partial charge in [-0.1, -0.05) is 24.4 Å². The summed E-state index contributed by atoms with van der Waals surface area (Å²) in [6, 6.07) is 4.48. The van der Waals surface area contributed by atoms with Crippen LogP contribution in [0.1, 0.15) is 38.5 Å². The number of piperidine rings is 1. The van der Waals surface area contributed by atoms with Gasteiger partial charge in [-0.05, 0) is 43.7 Å². The lowest BCUT2D eigenvalue weighted by Gasteiger charge is -2.34. The lowest BCUT2D eigenvalue weighted by Crippen LogP contribution is -2.41. The summed E-state index contributed by atoms with van der Waals surface area (Å²) in [5.41, 5.74) is 1.10. The molecule has 1 aliphatic heterocycles. The van der Waals surface area contributed by atoms with Gasteiger partial charge in [-0.2, -0.15) is 0 Å². The summed E-state index contributed by atoms with van der Waals surface area (Å²) in [7, 11) is 0. The van der Waals surface area contributed by atoms with Crippen molar-refractivity contribution in [2.24, 2.45) is 5.92 Å². The van der Waals surface area contributed by atoms with Gasteiger partial charge >= 0.3 is 0 Å². The molecule has 1 saturated heterocycles. The van der Waals surface area contributed by atoms with E-state index in [1.54, 1.807) is 6.20 Å². The molecule has 20 heavy (non-hydrogen) atoms. The van der Waals surface area contributed by atoms with Gasteiger partial charge in [0.15, 0.2) is 0 Å². The Morgan fingerprint density at radius 2 is 1.95 bits per heavy atom. The molecule has 0 radical (unpaired) electrons. The first-order chi connectivity index (χ1) is 9.79. The topological polar surface area (TPSA) is 28.2 Å². The summed E-state index contributed by atoms with van der Waals surface area (Å²) < 4.78 is 0. The van der Waals surface area contributed by atoms with Gasteiger partial charge in [-0.3, -0.25) is 0 Å². The fourth-order valence-corrected chi connectivity index (χ4v) is 3.72. The van der Waals surface area contributed by atoms with Gasteiger partial charge in [0.1, 0.15) is 5.15 Å². The number of anilines is 1. The highest BCUT2D eigenvalue weighted by atomic mass is 35.5. The van der Waals surface area contributed by atoms with E-state index in [9.17, 15) is 0 Å². The van der Waals surface area contributed by atoms with Gasteiger partial charge in [0.2, 0.25) is 0 Å². The van der Waals surface area contributed by atoms with Gasteiger partial charge in [0.25, 0.3) is 0 Å². The third-order valence-corrected chi connectivity index (χ3v) is 4.88. The Morgan fingerprint density at radius 1 is 1.20 bits per heavy atom. The van der Waals surface area contributed by atoms with Crippen LogP contribution in [0, 0.1) is 5.92 Å². The first-order valence-corrected chi connectivity index (χ1v) is 8.28. The zero-order chi connectivity index (χ0) is 13.8. The molecule has 0 amide bonds. The number of nitrogens with one attached hydrogen (secondary N) is 1. The van der Waals surface area contributed by atoms with Crippen molar-refractivity contribution in [3.63, 3.8) is 0 Å². The zero-order valence-electron chi connectivity index (χ0n) is 12.0. The van der Waals surface area contributed by atoms with Crippen LogP contribution < -0.4 is 5.32 Å². The summed E-state index contributed by atoms with van der Waals surface area (Å²) >= 11 is 5.92. The second-order valence-electron chi connectivity index (χ2n) is 6.24. The third kappa shape index (κ3) is 3.86. The maximum Gasteiger partial charge on any atom is 0.131 e. The van der Waals surface area contributed by atoms with Crippen molar-refractivity contribution in [3.05, 3.63) is 23.5 Å². The molecule has 2 fully saturated rings. The summed E-state index contributed by atoms with van der Waals surface area (Å²) in [5.74, 6) is 0.971. The lowest BCUT2D eigenvalue weighted by molar-refractivity contribution is 0.189. The molecule has 110 valence electrons. The molecule has 0 spiro atoms. The number of nitrogens with zero attached hydrogens (tertiary/aromatic N) is 2. The molecular formula is C16H24ClN3. The third-order valence-electron chi connectivity index (χ3n) is 4.68. The van der Waals surface area contributed by atoms with Crippen LogP contribution in [-0.2, 0) is 0 Å². The second kappa shape index (κ2) is 6.77. The van der Waals surface area contributed by atoms with E-state index in [0.29, 0.717) is 11.2 Å². The Hall–Kier alpha value is -0.800. The number of hydrogen-bond acceptors (Lipinski definition) is 3. The van der Waals surface area contributed by atoms with Crippen molar-refractivity contribution >= 4 is 17.3 Å². The highest BCUT2D eigenvalue weighted by Gasteiger charge is 2.23. The van der Waals surface area contributed by atoms with Gasteiger partial charge in [0.05, 0.1) is 0 Å². The summed E-state index contributed by atoms with van der Waals surface area (Å²) in [5, 5.41) is 4.15. The first-order valence-electron chi connectivity index (χ1n) is 7.90. The maximum atomic E-state index is 5.92. The minimum absolute atomic E-state index is 0.564. The van der Waals surface area contributed by atoms with Crippen LogP contribution in [0.25, 0.3) is 0 Å². The molecule has 0 unspecified atom stereocenters. The molecule has 1 N–H and O–H groups in total. The Bertz CT molecular complexity index is 423. The van der Waals surface area contributed by atoms with Crippen LogP contribution in [0.2, 0.25) is 5.15 Å². The van der Waals surface area contributed by atoms with Crippen molar-refractivity contribution in [1.82, 2.24) is 9.88 Å². The van der Waals surface area contributed by atoms with Gasteiger partial charge in [-0.25, -0.2) is 4.98 Å². The number of hydrogen-bond donors (Lipinski definition) is 1. The Labute approximate surface area is 126 Å². The van der Waals surface area contributed by atoms with Crippen LogP contribution in [0.4, 0.5) is 5.69 Å². The maximum absolute atomic E-state index is 5.92. The van der Waals surface area contributed by atoms with Crippen LogP contribution in [0.3, 0.4) is 0 Å². The van der Waals surface area contributed by atoms with E-state index >= 15 is 0 Å². The van der Waals surface area contributed by atoms with Crippen molar-refractivity contribution in [1.29, 1.82) is 0 Å². The highest BCUT2D eigenvalue weighted by Crippen LogP contribution is 2.27. The lowest BCUT2D eigenvalue weighted by atomic mass is 10.0. The quantitative estimate of drug-likeness (QED) is 0.856. The number of halogens is 1. The molecule has 2 heterocycles. The van der Waals surface area contributed by atoms with E-state index in [1.165, 1.54) is 58.2 Å². The normalized spacial score (nSPS) is 22.2. The van der Waals surface area contributed by atoms with E-state index in [1.807, 2.05) is 12.1 Å². The van der Waals surface area contributed by atoms with E-state index in [0.717, 1.165) is 11.6 Å². The molecule has 0 bridgehead atoms. The van der Waals surface area contributed by atoms with E-state index in [4.69, 9.17) is 11.6 Å². The van der Waals surface area contributed by atoms with Crippen molar-refractivity contribution in [2.45, 2.75) is 44.6 Å². The van der Waals surface area contributed by atoms with Crippen molar-refractivity contribution in [2.75, 3.05) is 25.0 Å². The molecule has 0 atom stereocenters. The molecule has 2 aliphatic rings. The minimum atomic E-state index is 0.564. The van der Waals surface area contributed by atoms with Crippen LogP contribution >= 0.6 is 11.6 Å². The minimum Gasteiger partial charge on any atom is -0.382 e. The molecular weight excluding hydrogens is 270 g/mol. The largest absolute Gasteiger partial charge is 0.382 e. The molecule has 4 heteroatoms. The number of rotatable bonds is 4. The standard InChI is InChI=1S/C16H24ClN3/c17-16-11-15(5-8-18-16)19-14-6-9-20(10-7-14)12-13-3-1-2-4-13/h5,8,11,13-14H,1-4,6-7,9-10,12H2,(H,18,19). The predicted molar refractivity (Wildman–Crippen MR) is 84.3 cm³/mol. The summed E-state index contributed by atoms with van der Waals surface area (Å²) in [6.45, 7) is 3.79. The molecule has 3 nitrogen and oxygen atoms in total. The number of pyridine rings is 1. The van der Waals surface area contributed by atoms with Crippen molar-refractivity contribution < 1.29 is 0 Å². The molecule has 3 rings (SSSR count). The fourth-order valence-electron chi connectivity index (χ4n) is 3.55. The molecule has 1 saturated carbocycles. The van der Waals surface area contributed by atoms with Crippen molar-refractivity contribution in [3.8, 4) is 0 Å². The summed E-state index contributed by atoms with van der Waals surface area (Å²) in [6.07, 6.45) is 10.0. The molecule has 0 aromatic carbocycles. The number of likely N-dealkylation sites (tertiary alicyclic amines) is 1. The van der Waals surface area contributed by atoms with Crippen LogP contribution in [0.5, 0.6) is 0 Å².